The number of nitrogens with zero attached hydrogens (tertiary/aromatic N) is 6. The summed E-state index contributed by atoms with van der Waals surface area (Å²) in [6.45, 7) is -0.171. The van der Waals surface area contributed by atoms with E-state index < -0.39 is 4.92 Å². The molecule has 2 aromatic heterocycles. The Morgan fingerprint density at radius 1 is 1.15 bits per heavy atom. The number of hydrogen-bond donors (Lipinski definition) is 1. The van der Waals surface area contributed by atoms with E-state index in [0.29, 0.717) is 16.1 Å². The van der Waals surface area contributed by atoms with Crippen molar-refractivity contribution in [3.05, 3.63) is 58.4 Å². The van der Waals surface area contributed by atoms with Crippen LogP contribution < -0.4 is 0 Å². The molecule has 0 aliphatic heterocycles. The largest absolute Gasteiger partial charge is 0.390 e. The molecule has 0 bridgehead atoms. The second kappa shape index (κ2) is 6.54. The van der Waals surface area contributed by atoms with Gasteiger partial charge in [-0.25, -0.2) is 9.31 Å². The third-order valence-corrected chi connectivity index (χ3v) is 4.64. The third kappa shape index (κ3) is 2.89. The monoisotopic (exact) mass is 370 g/mol. The fraction of sp³-hybridized carbons (Fsp3) is 0.0667. The van der Waals surface area contributed by atoms with Crippen molar-refractivity contribution in [1.82, 2.24) is 25.3 Å². The highest BCUT2D eigenvalue weighted by atomic mass is 32.2. The maximum atomic E-state index is 11.0. The summed E-state index contributed by atoms with van der Waals surface area (Å²) in [6, 6.07) is 10.5. The summed E-state index contributed by atoms with van der Waals surface area (Å²) >= 11 is 1.39. The molecule has 0 fully saturated rings. The molecular formula is C15H10N6O4S. The fourth-order valence-electron chi connectivity index (χ4n) is 2.35. The second-order valence-electron chi connectivity index (χ2n) is 5.21. The number of hydrogen-bond acceptors (Lipinski definition) is 9. The fourth-order valence-corrected chi connectivity index (χ4v) is 3.24. The van der Waals surface area contributed by atoms with E-state index in [0.717, 1.165) is 10.6 Å². The van der Waals surface area contributed by atoms with Gasteiger partial charge in [-0.3, -0.25) is 10.1 Å². The Balaban J connectivity index is 1.62. The lowest BCUT2D eigenvalue weighted by molar-refractivity contribution is -0.383. The van der Waals surface area contributed by atoms with E-state index in [9.17, 15) is 10.1 Å². The van der Waals surface area contributed by atoms with Gasteiger partial charge in [0.1, 0.15) is 5.69 Å². The molecule has 11 heteroatoms. The standard InChI is InChI=1S/C15H10N6O4S/c22-8-9-7-20(19-16-9)10-1-3-11(4-2-10)26-13-6-5-12(21(23)24)14-15(13)18-25-17-14/h1-7,22H,8H2. The Morgan fingerprint density at radius 2 is 1.92 bits per heavy atom. The lowest BCUT2D eigenvalue weighted by Gasteiger charge is -2.04. The first-order valence-electron chi connectivity index (χ1n) is 7.36. The molecule has 0 aliphatic carbocycles. The van der Waals surface area contributed by atoms with Gasteiger partial charge in [0.2, 0.25) is 5.52 Å². The number of aliphatic hydroxyl groups excluding tert-OH is 1. The molecule has 2 heterocycles. The first-order valence-corrected chi connectivity index (χ1v) is 8.17. The molecule has 0 saturated carbocycles. The van der Waals surface area contributed by atoms with E-state index in [1.54, 1.807) is 16.9 Å². The molecule has 0 amide bonds. The normalized spacial score (nSPS) is 11.1. The summed E-state index contributed by atoms with van der Waals surface area (Å²) in [5, 5.41) is 35.3. The third-order valence-electron chi connectivity index (χ3n) is 3.59. The van der Waals surface area contributed by atoms with Crippen molar-refractivity contribution >= 4 is 28.5 Å². The Kier molecular flexibility index (Phi) is 4.07. The highest BCUT2D eigenvalue weighted by Crippen LogP contribution is 2.35. The average Bonchev–Trinajstić information content (AvgIpc) is 3.32. The highest BCUT2D eigenvalue weighted by molar-refractivity contribution is 7.99. The van der Waals surface area contributed by atoms with Crippen LogP contribution in [0, 0.1) is 10.1 Å². The topological polar surface area (TPSA) is 133 Å². The van der Waals surface area contributed by atoms with Crippen molar-refractivity contribution in [3.8, 4) is 5.69 Å². The van der Waals surface area contributed by atoms with E-state index in [1.165, 1.54) is 17.8 Å². The number of aromatic nitrogens is 5. The van der Waals surface area contributed by atoms with Crippen molar-refractivity contribution < 1.29 is 14.7 Å². The minimum Gasteiger partial charge on any atom is -0.390 e. The zero-order valence-corrected chi connectivity index (χ0v) is 13.8. The van der Waals surface area contributed by atoms with Crippen LogP contribution in [0.15, 0.2) is 57.0 Å². The van der Waals surface area contributed by atoms with Crippen LogP contribution in [0.3, 0.4) is 0 Å². The van der Waals surface area contributed by atoms with Crippen molar-refractivity contribution in [2.75, 3.05) is 0 Å². The predicted octanol–water partition coefficient (Wildman–Crippen LogP) is 2.36. The molecule has 4 aromatic rings. The van der Waals surface area contributed by atoms with Crippen molar-refractivity contribution in [3.63, 3.8) is 0 Å². The maximum Gasteiger partial charge on any atom is 0.300 e. The smallest absolute Gasteiger partial charge is 0.300 e. The Bertz CT molecular complexity index is 1090. The van der Waals surface area contributed by atoms with Gasteiger partial charge in [-0.15, -0.1) is 5.10 Å². The first-order chi connectivity index (χ1) is 12.7. The molecule has 0 aliphatic rings. The zero-order valence-electron chi connectivity index (χ0n) is 13.0. The van der Waals surface area contributed by atoms with Gasteiger partial charge in [0, 0.05) is 15.9 Å². The minimum absolute atomic E-state index is 0.121. The maximum absolute atomic E-state index is 11.0. The number of non-ortho nitro benzene ring substituents is 1. The van der Waals surface area contributed by atoms with Gasteiger partial charge < -0.3 is 5.11 Å². The summed E-state index contributed by atoms with van der Waals surface area (Å²) in [4.78, 5) is 12.1. The molecule has 4 rings (SSSR count). The summed E-state index contributed by atoms with van der Waals surface area (Å²) in [5.74, 6) is 0. The van der Waals surface area contributed by atoms with Gasteiger partial charge in [-0.2, -0.15) is 0 Å². The lowest BCUT2D eigenvalue weighted by atomic mass is 10.3. The highest BCUT2D eigenvalue weighted by Gasteiger charge is 2.20. The van der Waals surface area contributed by atoms with Gasteiger partial charge in [-0.05, 0) is 40.6 Å². The van der Waals surface area contributed by atoms with Crippen LogP contribution >= 0.6 is 11.8 Å². The van der Waals surface area contributed by atoms with Gasteiger partial charge in [0.15, 0.2) is 5.52 Å². The van der Waals surface area contributed by atoms with Gasteiger partial charge in [-0.1, -0.05) is 17.0 Å². The van der Waals surface area contributed by atoms with Crippen LogP contribution in [0.1, 0.15) is 5.69 Å². The Hall–Kier alpha value is -3.31. The Labute approximate surface area is 149 Å². The molecule has 10 nitrogen and oxygen atoms in total. The molecule has 0 spiro atoms. The minimum atomic E-state index is -0.519. The number of benzene rings is 2. The van der Waals surface area contributed by atoms with Crippen LogP contribution in [-0.4, -0.2) is 35.3 Å². The van der Waals surface area contributed by atoms with Gasteiger partial charge in [0.05, 0.1) is 23.4 Å². The molecule has 26 heavy (non-hydrogen) atoms. The van der Waals surface area contributed by atoms with Crippen LogP contribution in [0.4, 0.5) is 5.69 Å². The molecule has 1 N–H and O–H groups in total. The van der Waals surface area contributed by atoms with E-state index in [-0.39, 0.29) is 17.8 Å². The van der Waals surface area contributed by atoms with Crippen LogP contribution in [0.25, 0.3) is 16.7 Å². The number of aliphatic hydroxyl groups is 1. The average molecular weight is 370 g/mol. The number of nitro benzene ring substituents is 1. The quantitative estimate of drug-likeness (QED) is 0.415. The van der Waals surface area contributed by atoms with E-state index in [1.807, 2.05) is 24.3 Å². The molecule has 0 unspecified atom stereocenters. The van der Waals surface area contributed by atoms with E-state index in [4.69, 9.17) is 5.11 Å². The van der Waals surface area contributed by atoms with Crippen molar-refractivity contribution in [2.45, 2.75) is 16.4 Å². The molecular weight excluding hydrogens is 360 g/mol. The van der Waals surface area contributed by atoms with Crippen LogP contribution in [-0.2, 0) is 6.61 Å². The summed E-state index contributed by atoms with van der Waals surface area (Å²) in [7, 11) is 0. The van der Waals surface area contributed by atoms with E-state index in [2.05, 4.69) is 25.3 Å². The second-order valence-corrected chi connectivity index (χ2v) is 6.33. The molecule has 0 atom stereocenters. The number of rotatable bonds is 5. The van der Waals surface area contributed by atoms with Crippen molar-refractivity contribution in [1.29, 1.82) is 0 Å². The molecule has 0 saturated heterocycles. The van der Waals surface area contributed by atoms with E-state index >= 15 is 0 Å². The summed E-state index contributed by atoms with van der Waals surface area (Å²) in [6.07, 6.45) is 1.64. The SMILES string of the molecule is O=[N+]([O-])c1ccc(Sc2ccc(-n3cc(CO)nn3)cc2)c2nonc12. The van der Waals surface area contributed by atoms with Crippen LogP contribution in [0.5, 0.6) is 0 Å². The molecule has 2 aromatic carbocycles. The molecule has 0 radical (unpaired) electrons. The number of fused-ring (bicyclic) bond motifs is 1. The predicted molar refractivity (Wildman–Crippen MR) is 89.9 cm³/mol. The summed E-state index contributed by atoms with van der Waals surface area (Å²) < 4.78 is 6.23. The Morgan fingerprint density at radius 3 is 2.62 bits per heavy atom. The number of nitro groups is 1. The van der Waals surface area contributed by atoms with Crippen LogP contribution in [0.2, 0.25) is 0 Å². The first kappa shape index (κ1) is 16.2. The van der Waals surface area contributed by atoms with Crippen molar-refractivity contribution in [2.24, 2.45) is 0 Å². The lowest BCUT2D eigenvalue weighted by Crippen LogP contribution is -1.94. The summed E-state index contributed by atoms with van der Waals surface area (Å²) in [5.41, 5.74) is 1.59. The zero-order chi connectivity index (χ0) is 18.1. The van der Waals surface area contributed by atoms with Gasteiger partial charge >= 0.3 is 5.69 Å². The van der Waals surface area contributed by atoms with Gasteiger partial charge in [0.25, 0.3) is 0 Å². The molecule has 130 valence electrons.